The van der Waals surface area contributed by atoms with Gasteiger partial charge in [0.2, 0.25) is 17.7 Å². The Morgan fingerprint density at radius 2 is 1.74 bits per heavy atom. The Balaban J connectivity index is 1.55. The maximum atomic E-state index is 15.7. The summed E-state index contributed by atoms with van der Waals surface area (Å²) in [5.74, 6) is -3.69. The summed E-state index contributed by atoms with van der Waals surface area (Å²) in [6, 6.07) is 4.75. The lowest BCUT2D eigenvalue weighted by Crippen LogP contribution is -2.60. The van der Waals surface area contributed by atoms with E-state index in [0.717, 1.165) is 32.1 Å². The van der Waals surface area contributed by atoms with Gasteiger partial charge in [0.1, 0.15) is 23.1 Å². The van der Waals surface area contributed by atoms with E-state index in [1.807, 2.05) is 6.92 Å². The van der Waals surface area contributed by atoms with Crippen LogP contribution in [0.5, 0.6) is 0 Å². The number of anilines is 1. The van der Waals surface area contributed by atoms with E-state index in [0.29, 0.717) is 17.8 Å². The molecule has 2 fully saturated rings. The number of aromatic nitrogens is 2. The molecule has 1 saturated heterocycles. The summed E-state index contributed by atoms with van der Waals surface area (Å²) in [5.41, 5.74) is -0.682. The van der Waals surface area contributed by atoms with E-state index in [-0.39, 0.29) is 48.5 Å². The minimum atomic E-state index is -3.23. The van der Waals surface area contributed by atoms with Crippen LogP contribution in [0.4, 0.5) is 10.1 Å². The lowest BCUT2D eigenvalue weighted by Gasteiger charge is -2.39. The number of sulfone groups is 1. The van der Waals surface area contributed by atoms with Crippen molar-refractivity contribution in [2.45, 2.75) is 90.3 Å². The van der Waals surface area contributed by atoms with Gasteiger partial charge in [0.25, 0.3) is 5.91 Å². The highest BCUT2D eigenvalue weighted by Gasteiger charge is 2.44. The number of hydrogen-bond acceptors (Lipinski definition) is 7. The van der Waals surface area contributed by atoms with Crippen molar-refractivity contribution in [2.75, 3.05) is 29.9 Å². The van der Waals surface area contributed by atoms with Crippen LogP contribution in [-0.2, 0) is 30.8 Å². The second-order valence-electron chi connectivity index (χ2n) is 12.4. The number of carbonyl (C=O) groups is 4. The summed E-state index contributed by atoms with van der Waals surface area (Å²) in [6.45, 7) is 7.38. The number of carbonyl (C=O) groups excluding carboxylic acids is 4. The molecule has 46 heavy (non-hydrogen) atoms. The Bertz CT molecular complexity index is 1540. The molecule has 1 aromatic carbocycles. The number of nitrogens with zero attached hydrogens (tertiary/aromatic N) is 3. The fourth-order valence-corrected chi connectivity index (χ4v) is 7.47. The quantitative estimate of drug-likeness (QED) is 0.334. The van der Waals surface area contributed by atoms with Crippen LogP contribution >= 0.6 is 0 Å². The van der Waals surface area contributed by atoms with Gasteiger partial charge in [-0.2, -0.15) is 5.10 Å². The zero-order chi connectivity index (χ0) is 33.6. The Kier molecular flexibility index (Phi) is 11.2. The van der Waals surface area contributed by atoms with Crippen molar-refractivity contribution in [3.8, 4) is 0 Å². The topological polar surface area (TPSA) is 160 Å². The van der Waals surface area contributed by atoms with Crippen molar-refractivity contribution in [1.29, 1.82) is 0 Å². The first kappa shape index (κ1) is 35.1. The van der Waals surface area contributed by atoms with Crippen LogP contribution in [0.15, 0.2) is 30.5 Å². The number of amides is 4. The van der Waals surface area contributed by atoms with Gasteiger partial charge in [-0.05, 0) is 56.4 Å². The number of nitrogens with one attached hydrogen (secondary N) is 3. The van der Waals surface area contributed by atoms with Crippen molar-refractivity contribution in [1.82, 2.24) is 25.3 Å². The minimum absolute atomic E-state index is 0.0167. The molecule has 2 heterocycles. The average molecular weight is 661 g/mol. The summed E-state index contributed by atoms with van der Waals surface area (Å²) >= 11 is 0. The number of aryl methyl sites for hydroxylation is 1. The fourth-order valence-electron chi connectivity index (χ4n) is 6.27. The lowest BCUT2D eigenvalue weighted by atomic mass is 9.75. The Morgan fingerprint density at radius 1 is 1.07 bits per heavy atom. The van der Waals surface area contributed by atoms with Crippen LogP contribution in [0, 0.1) is 11.7 Å². The third kappa shape index (κ3) is 7.94. The highest BCUT2D eigenvalue weighted by Crippen LogP contribution is 2.34. The minimum Gasteiger partial charge on any atom is -0.344 e. The van der Waals surface area contributed by atoms with Crippen LogP contribution in [0.2, 0.25) is 0 Å². The van der Waals surface area contributed by atoms with Crippen molar-refractivity contribution in [3.05, 3.63) is 47.5 Å². The maximum Gasteiger partial charge on any atom is 0.270 e. The van der Waals surface area contributed by atoms with E-state index in [4.69, 9.17) is 0 Å². The van der Waals surface area contributed by atoms with Gasteiger partial charge in [-0.25, -0.2) is 12.8 Å². The second kappa shape index (κ2) is 14.7. The highest BCUT2D eigenvalue weighted by atomic mass is 32.2. The maximum absolute atomic E-state index is 15.7. The predicted octanol–water partition coefficient (Wildman–Crippen LogP) is 3.00. The zero-order valence-electron chi connectivity index (χ0n) is 27.0. The van der Waals surface area contributed by atoms with Gasteiger partial charge in [-0.15, -0.1) is 0 Å². The van der Waals surface area contributed by atoms with Gasteiger partial charge in [-0.3, -0.25) is 23.9 Å². The molecule has 2 aromatic rings. The van der Waals surface area contributed by atoms with Crippen LogP contribution in [0.1, 0.15) is 88.2 Å². The first-order valence-corrected chi connectivity index (χ1v) is 17.9. The van der Waals surface area contributed by atoms with Gasteiger partial charge < -0.3 is 20.9 Å². The molecule has 1 aliphatic heterocycles. The van der Waals surface area contributed by atoms with Crippen LogP contribution in [0.25, 0.3) is 0 Å². The number of rotatable bonds is 11. The Hall–Kier alpha value is -3.81. The molecule has 14 heteroatoms. The zero-order valence-corrected chi connectivity index (χ0v) is 27.8. The van der Waals surface area contributed by atoms with E-state index in [2.05, 4.69) is 21.0 Å². The Labute approximate surface area is 269 Å². The molecule has 0 unspecified atom stereocenters. The fraction of sp³-hybridized carbons (Fsp3) is 0.594. The molecule has 0 bridgehead atoms. The monoisotopic (exact) mass is 660 g/mol. The normalized spacial score (nSPS) is 19.4. The summed E-state index contributed by atoms with van der Waals surface area (Å²) in [5, 5.41) is 12.5. The molecule has 4 rings (SSSR count). The first-order chi connectivity index (χ1) is 21.8. The standard InChI is InChI=1S/C32H45FN6O6S/c1-5-27(40)36-28(30(42)38-16-18-46(44,45)19-17-38)21(3)22-12-13-25(24(33)20-22)35-31(43)32(4,23-10-8-7-9-11-23)37-29(41)26-14-15-34-39(26)6-2/h12-15,20-21,23,28H,5-11,16-19H2,1-4H3,(H,35,43)(H,36,40)(H,37,41)/t21-,28+,32+/m0/s1. The third-order valence-corrected chi connectivity index (χ3v) is 11.0. The molecule has 3 atom stereocenters. The largest absolute Gasteiger partial charge is 0.344 e. The number of benzene rings is 1. The molecule has 0 radical (unpaired) electrons. The molecule has 2 aliphatic rings. The average Bonchev–Trinajstić information content (AvgIpc) is 3.53. The highest BCUT2D eigenvalue weighted by molar-refractivity contribution is 7.91. The van der Waals surface area contributed by atoms with E-state index in [9.17, 15) is 27.6 Å². The van der Waals surface area contributed by atoms with Crippen LogP contribution < -0.4 is 16.0 Å². The van der Waals surface area contributed by atoms with Crippen LogP contribution in [-0.4, -0.2) is 82.9 Å². The summed E-state index contributed by atoms with van der Waals surface area (Å²) < 4.78 is 41.0. The smallest absolute Gasteiger partial charge is 0.270 e. The Morgan fingerprint density at radius 3 is 2.35 bits per heavy atom. The van der Waals surface area contributed by atoms with Crippen LogP contribution in [0.3, 0.4) is 0 Å². The molecule has 252 valence electrons. The van der Waals surface area contributed by atoms with Crippen molar-refractivity contribution in [3.63, 3.8) is 0 Å². The van der Waals surface area contributed by atoms with E-state index >= 15 is 4.39 Å². The summed E-state index contributed by atoms with van der Waals surface area (Å²) in [7, 11) is -3.23. The number of halogens is 1. The van der Waals surface area contributed by atoms with Crippen molar-refractivity contribution < 1.29 is 32.0 Å². The summed E-state index contributed by atoms with van der Waals surface area (Å²) in [6.07, 6.45) is 5.99. The SMILES string of the molecule is CCC(=O)N[C@@H](C(=O)N1CCS(=O)(=O)CC1)[C@@H](C)c1ccc(NC(=O)[C@](C)(NC(=O)c2ccnn2CC)C2CCCCC2)c(F)c1. The molecule has 0 spiro atoms. The first-order valence-electron chi connectivity index (χ1n) is 16.0. The third-order valence-electron chi connectivity index (χ3n) is 9.34. The molecule has 12 nitrogen and oxygen atoms in total. The molecule has 1 aromatic heterocycles. The number of hydrogen-bond donors (Lipinski definition) is 3. The second-order valence-corrected chi connectivity index (χ2v) is 14.7. The molecular formula is C32H45FN6O6S. The van der Waals surface area contributed by atoms with Crippen molar-refractivity contribution >= 4 is 39.2 Å². The van der Waals surface area contributed by atoms with Gasteiger partial charge >= 0.3 is 0 Å². The van der Waals surface area contributed by atoms with E-state index < -0.39 is 50.9 Å². The van der Waals surface area contributed by atoms with E-state index in [1.54, 1.807) is 37.6 Å². The molecule has 1 aliphatic carbocycles. The van der Waals surface area contributed by atoms with Gasteiger partial charge in [0.15, 0.2) is 9.84 Å². The van der Waals surface area contributed by atoms with Crippen molar-refractivity contribution in [2.24, 2.45) is 5.92 Å². The van der Waals surface area contributed by atoms with Gasteiger partial charge in [0, 0.05) is 38.2 Å². The molecule has 1 saturated carbocycles. The lowest BCUT2D eigenvalue weighted by molar-refractivity contribution is -0.136. The predicted molar refractivity (Wildman–Crippen MR) is 171 cm³/mol. The molecular weight excluding hydrogens is 615 g/mol. The van der Waals surface area contributed by atoms with Gasteiger partial charge in [-0.1, -0.05) is 39.2 Å². The molecule has 4 amide bonds. The van der Waals surface area contributed by atoms with E-state index in [1.165, 1.54) is 23.2 Å². The summed E-state index contributed by atoms with van der Waals surface area (Å²) in [4.78, 5) is 54.5. The van der Waals surface area contributed by atoms with Gasteiger partial charge in [0.05, 0.1) is 17.2 Å². The molecule has 3 N–H and O–H groups in total.